The van der Waals surface area contributed by atoms with Crippen molar-refractivity contribution in [3.05, 3.63) is 57.1 Å². The van der Waals surface area contributed by atoms with Crippen LogP contribution >= 0.6 is 11.6 Å². The molecule has 2 aromatic carbocycles. The van der Waals surface area contributed by atoms with Crippen LogP contribution in [0.25, 0.3) is 0 Å². The van der Waals surface area contributed by atoms with E-state index in [0.717, 1.165) is 11.6 Å². The summed E-state index contributed by atoms with van der Waals surface area (Å²) < 4.78 is 31.9. The molecular formula is C17H18ClN3O5S. The first-order chi connectivity index (χ1) is 12.8. The first-order valence-electron chi connectivity index (χ1n) is 8.18. The molecule has 1 aliphatic rings. The fourth-order valence-corrected chi connectivity index (χ4v) is 4.43. The van der Waals surface area contributed by atoms with Gasteiger partial charge >= 0.3 is 0 Å². The van der Waals surface area contributed by atoms with Gasteiger partial charge in [-0.2, -0.15) is 4.31 Å². The second kappa shape index (κ2) is 7.81. The van der Waals surface area contributed by atoms with E-state index in [1.807, 2.05) is 6.92 Å². The second-order valence-corrected chi connectivity index (χ2v) is 8.41. The van der Waals surface area contributed by atoms with E-state index in [1.165, 1.54) is 16.4 Å². The lowest BCUT2D eigenvalue weighted by Gasteiger charge is -2.26. The van der Waals surface area contributed by atoms with E-state index in [-0.39, 0.29) is 29.4 Å². The van der Waals surface area contributed by atoms with E-state index in [4.69, 9.17) is 16.3 Å². The Morgan fingerprint density at radius 1 is 1.15 bits per heavy atom. The number of benzene rings is 2. The molecule has 0 spiro atoms. The van der Waals surface area contributed by atoms with E-state index in [2.05, 4.69) is 5.32 Å². The number of aryl methyl sites for hydroxylation is 1. The summed E-state index contributed by atoms with van der Waals surface area (Å²) >= 11 is 5.93. The molecule has 8 nitrogen and oxygen atoms in total. The molecule has 10 heteroatoms. The summed E-state index contributed by atoms with van der Waals surface area (Å²) in [6, 6.07) is 8.95. The molecule has 0 saturated carbocycles. The number of nitro benzene ring substituents is 1. The van der Waals surface area contributed by atoms with E-state index in [1.54, 1.807) is 18.2 Å². The lowest BCUT2D eigenvalue weighted by molar-refractivity contribution is -0.384. The standard InChI is InChI=1S/C17H18ClN3O5S/c1-12-10-13(18)2-4-15(12)19-16-5-3-14(11-17(16)21(22)23)27(24,25)20-6-8-26-9-7-20/h2-5,10-11,19H,6-9H2,1H3. The zero-order chi connectivity index (χ0) is 19.6. The summed E-state index contributed by atoms with van der Waals surface area (Å²) in [6.45, 7) is 2.87. The van der Waals surface area contributed by atoms with Crippen LogP contribution < -0.4 is 5.32 Å². The second-order valence-electron chi connectivity index (χ2n) is 6.04. The van der Waals surface area contributed by atoms with E-state index in [9.17, 15) is 18.5 Å². The van der Waals surface area contributed by atoms with Crippen molar-refractivity contribution in [2.24, 2.45) is 0 Å². The number of hydrogen-bond acceptors (Lipinski definition) is 6. The lowest BCUT2D eigenvalue weighted by atomic mass is 10.2. The van der Waals surface area contributed by atoms with E-state index >= 15 is 0 Å². The summed E-state index contributed by atoms with van der Waals surface area (Å²) in [5.41, 5.74) is 1.33. The molecule has 2 aromatic rings. The molecule has 144 valence electrons. The molecule has 0 radical (unpaired) electrons. The van der Waals surface area contributed by atoms with Gasteiger partial charge in [0.05, 0.1) is 23.0 Å². The minimum atomic E-state index is -3.82. The van der Waals surface area contributed by atoms with Crippen molar-refractivity contribution < 1.29 is 18.1 Å². The maximum atomic E-state index is 12.7. The first kappa shape index (κ1) is 19.6. The number of nitrogens with zero attached hydrogens (tertiary/aromatic N) is 2. The average Bonchev–Trinajstić information content (AvgIpc) is 2.64. The van der Waals surface area contributed by atoms with Crippen molar-refractivity contribution in [1.82, 2.24) is 4.31 Å². The zero-order valence-electron chi connectivity index (χ0n) is 14.5. The molecule has 1 aliphatic heterocycles. The van der Waals surface area contributed by atoms with Gasteiger partial charge in [0.15, 0.2) is 0 Å². The third-order valence-corrected chi connectivity index (χ3v) is 6.36. The van der Waals surface area contributed by atoms with Gasteiger partial charge < -0.3 is 10.1 Å². The zero-order valence-corrected chi connectivity index (χ0v) is 16.1. The number of nitrogens with one attached hydrogen (secondary N) is 1. The van der Waals surface area contributed by atoms with Gasteiger partial charge in [0.2, 0.25) is 10.0 Å². The minimum Gasteiger partial charge on any atom is -0.379 e. The van der Waals surface area contributed by atoms with Gasteiger partial charge in [-0.3, -0.25) is 10.1 Å². The summed E-state index contributed by atoms with van der Waals surface area (Å²) in [5, 5.41) is 15.1. The van der Waals surface area contributed by atoms with Crippen LogP contribution in [0.15, 0.2) is 41.3 Å². The molecule has 0 atom stereocenters. The SMILES string of the molecule is Cc1cc(Cl)ccc1Nc1ccc(S(=O)(=O)N2CCOCC2)cc1[N+](=O)[O-]. The van der Waals surface area contributed by atoms with Crippen molar-refractivity contribution in [3.63, 3.8) is 0 Å². The summed E-state index contributed by atoms with van der Waals surface area (Å²) in [6.07, 6.45) is 0. The van der Waals surface area contributed by atoms with Crippen LogP contribution in [0.4, 0.5) is 17.1 Å². The van der Waals surface area contributed by atoms with Gasteiger partial charge in [0.1, 0.15) is 5.69 Å². The van der Waals surface area contributed by atoms with Gasteiger partial charge in [-0.15, -0.1) is 0 Å². The smallest absolute Gasteiger partial charge is 0.294 e. The van der Waals surface area contributed by atoms with Gasteiger partial charge in [0, 0.05) is 29.9 Å². The molecule has 1 saturated heterocycles. The molecule has 1 fully saturated rings. The largest absolute Gasteiger partial charge is 0.379 e. The van der Waals surface area contributed by atoms with E-state index in [0.29, 0.717) is 23.9 Å². The maximum absolute atomic E-state index is 12.7. The molecule has 3 rings (SSSR count). The predicted octanol–water partition coefficient (Wildman–Crippen LogP) is 3.32. The van der Waals surface area contributed by atoms with Crippen LogP contribution in [0.1, 0.15) is 5.56 Å². The quantitative estimate of drug-likeness (QED) is 0.598. The normalized spacial score (nSPS) is 15.5. The highest BCUT2D eigenvalue weighted by molar-refractivity contribution is 7.89. The number of anilines is 2. The fraction of sp³-hybridized carbons (Fsp3) is 0.294. The monoisotopic (exact) mass is 411 g/mol. The maximum Gasteiger partial charge on any atom is 0.294 e. The molecular weight excluding hydrogens is 394 g/mol. The van der Waals surface area contributed by atoms with Crippen LogP contribution in [0.5, 0.6) is 0 Å². The Bertz CT molecular complexity index is 975. The average molecular weight is 412 g/mol. The Balaban J connectivity index is 1.96. The van der Waals surface area contributed by atoms with Crippen molar-refractivity contribution in [1.29, 1.82) is 0 Å². The van der Waals surface area contributed by atoms with Gasteiger partial charge in [-0.1, -0.05) is 11.6 Å². The first-order valence-corrected chi connectivity index (χ1v) is 10.0. The third kappa shape index (κ3) is 4.22. The Labute approximate surface area is 161 Å². The molecule has 0 amide bonds. The number of rotatable bonds is 5. The Hall–Kier alpha value is -2.20. The Morgan fingerprint density at radius 2 is 1.81 bits per heavy atom. The number of sulfonamides is 1. The topological polar surface area (TPSA) is 102 Å². The minimum absolute atomic E-state index is 0.116. The van der Waals surface area contributed by atoms with Gasteiger partial charge in [0.25, 0.3) is 5.69 Å². The molecule has 0 aromatic heterocycles. The van der Waals surface area contributed by atoms with Crippen LogP contribution in [0, 0.1) is 17.0 Å². The molecule has 0 bridgehead atoms. The van der Waals surface area contributed by atoms with Crippen LogP contribution in [-0.2, 0) is 14.8 Å². The third-order valence-electron chi connectivity index (χ3n) is 4.23. The van der Waals surface area contributed by atoms with Crippen LogP contribution in [-0.4, -0.2) is 43.9 Å². The summed E-state index contributed by atoms with van der Waals surface area (Å²) in [4.78, 5) is 10.8. The molecule has 1 heterocycles. The Kier molecular flexibility index (Phi) is 5.66. The molecule has 0 unspecified atom stereocenters. The lowest BCUT2D eigenvalue weighted by Crippen LogP contribution is -2.40. The highest BCUT2D eigenvalue weighted by Crippen LogP contribution is 2.33. The summed E-state index contributed by atoms with van der Waals surface area (Å²) in [7, 11) is -3.82. The van der Waals surface area contributed by atoms with Crippen molar-refractivity contribution in [2.75, 3.05) is 31.6 Å². The van der Waals surface area contributed by atoms with Crippen molar-refractivity contribution in [3.8, 4) is 0 Å². The molecule has 0 aliphatic carbocycles. The molecule has 1 N–H and O–H groups in total. The fourth-order valence-electron chi connectivity index (χ4n) is 2.78. The highest BCUT2D eigenvalue weighted by atomic mass is 35.5. The highest BCUT2D eigenvalue weighted by Gasteiger charge is 2.29. The number of hydrogen-bond donors (Lipinski definition) is 1. The van der Waals surface area contributed by atoms with Crippen LogP contribution in [0.3, 0.4) is 0 Å². The number of halogens is 1. The van der Waals surface area contributed by atoms with Gasteiger partial charge in [-0.05, 0) is 42.8 Å². The van der Waals surface area contributed by atoms with Crippen molar-refractivity contribution >= 4 is 38.7 Å². The Morgan fingerprint density at radius 3 is 2.44 bits per heavy atom. The molecule has 27 heavy (non-hydrogen) atoms. The number of morpholine rings is 1. The number of nitro groups is 1. The number of ether oxygens (including phenoxy) is 1. The predicted molar refractivity (Wildman–Crippen MR) is 102 cm³/mol. The van der Waals surface area contributed by atoms with E-state index < -0.39 is 14.9 Å². The summed E-state index contributed by atoms with van der Waals surface area (Å²) in [5.74, 6) is 0. The van der Waals surface area contributed by atoms with Crippen molar-refractivity contribution in [2.45, 2.75) is 11.8 Å². The van der Waals surface area contributed by atoms with Crippen LogP contribution in [0.2, 0.25) is 5.02 Å². The van der Waals surface area contributed by atoms with Gasteiger partial charge in [-0.25, -0.2) is 8.42 Å².